The molecule has 0 aliphatic rings. The highest BCUT2D eigenvalue weighted by Crippen LogP contribution is 2.29. The zero-order chi connectivity index (χ0) is 22.4. The Morgan fingerprint density at radius 1 is 1.19 bits per heavy atom. The first-order valence-electron chi connectivity index (χ1n) is 9.48. The molecule has 0 saturated heterocycles. The van der Waals surface area contributed by atoms with Gasteiger partial charge in [0, 0.05) is 25.5 Å². The van der Waals surface area contributed by atoms with Crippen LogP contribution in [-0.2, 0) is 11.8 Å². The van der Waals surface area contributed by atoms with E-state index in [4.69, 9.17) is 25.8 Å². The number of nitrogens with one attached hydrogen (secondary N) is 1. The fourth-order valence-corrected chi connectivity index (χ4v) is 3.25. The highest BCUT2D eigenvalue weighted by molar-refractivity contribution is 6.32. The van der Waals surface area contributed by atoms with Crippen molar-refractivity contribution >= 4 is 17.5 Å². The summed E-state index contributed by atoms with van der Waals surface area (Å²) in [5, 5.41) is 3.13. The lowest BCUT2D eigenvalue weighted by Gasteiger charge is -2.20. The Balaban J connectivity index is 1.75. The van der Waals surface area contributed by atoms with Gasteiger partial charge in [-0.05, 0) is 35.9 Å². The Kier molecular flexibility index (Phi) is 7.36. The number of methoxy groups -OCH3 is 2. The van der Waals surface area contributed by atoms with Gasteiger partial charge in [0.1, 0.15) is 34.9 Å². The van der Waals surface area contributed by atoms with Crippen LogP contribution in [-0.4, -0.2) is 36.3 Å². The lowest BCUT2D eigenvalue weighted by Crippen LogP contribution is -2.32. The summed E-state index contributed by atoms with van der Waals surface area (Å²) in [5.41, 5.74) is 0.751. The first-order valence-corrected chi connectivity index (χ1v) is 9.86. The second kappa shape index (κ2) is 10.2. The molecule has 0 aliphatic heterocycles. The van der Waals surface area contributed by atoms with E-state index in [1.807, 2.05) is 23.7 Å². The van der Waals surface area contributed by atoms with E-state index in [1.165, 1.54) is 12.1 Å². The largest absolute Gasteiger partial charge is 0.497 e. The van der Waals surface area contributed by atoms with Crippen LogP contribution in [0.4, 0.5) is 4.39 Å². The molecular formula is C22H23ClFN3O4. The SMILES string of the molecule is COc1cc(OC)cc(C(NC(=O)CCOc2ccc(F)cc2Cl)c2nccn2C)c1. The number of aromatic nitrogens is 2. The third-order valence-electron chi connectivity index (χ3n) is 4.61. The molecule has 7 nitrogen and oxygen atoms in total. The van der Waals surface area contributed by atoms with Crippen molar-refractivity contribution in [3.05, 3.63) is 71.0 Å². The third-order valence-corrected chi connectivity index (χ3v) is 4.91. The van der Waals surface area contributed by atoms with Gasteiger partial charge in [0.15, 0.2) is 0 Å². The van der Waals surface area contributed by atoms with Gasteiger partial charge < -0.3 is 24.1 Å². The Morgan fingerprint density at radius 2 is 1.90 bits per heavy atom. The predicted octanol–water partition coefficient (Wildman–Crippen LogP) is 3.90. The number of benzene rings is 2. The van der Waals surface area contributed by atoms with Crippen LogP contribution in [0.25, 0.3) is 0 Å². The summed E-state index contributed by atoms with van der Waals surface area (Å²) < 4.78 is 31.2. The summed E-state index contributed by atoms with van der Waals surface area (Å²) in [7, 11) is 4.97. The summed E-state index contributed by atoms with van der Waals surface area (Å²) in [6.07, 6.45) is 3.52. The number of aryl methyl sites for hydroxylation is 1. The highest BCUT2D eigenvalue weighted by atomic mass is 35.5. The third kappa shape index (κ3) is 5.67. The number of amides is 1. The van der Waals surface area contributed by atoms with Crippen molar-refractivity contribution in [2.45, 2.75) is 12.5 Å². The molecule has 1 N–H and O–H groups in total. The number of carbonyl (C=O) groups excluding carboxylic acids is 1. The maximum absolute atomic E-state index is 13.1. The molecule has 1 aromatic heterocycles. The normalized spacial score (nSPS) is 11.6. The molecule has 1 atom stereocenters. The molecule has 0 spiro atoms. The average Bonchev–Trinajstić information content (AvgIpc) is 3.18. The smallest absolute Gasteiger partial charge is 0.224 e. The number of halogens is 2. The molecule has 0 saturated carbocycles. The van der Waals surface area contributed by atoms with Crippen molar-refractivity contribution in [2.75, 3.05) is 20.8 Å². The maximum Gasteiger partial charge on any atom is 0.224 e. The van der Waals surface area contributed by atoms with Crippen LogP contribution in [0, 0.1) is 5.82 Å². The topological polar surface area (TPSA) is 74.6 Å². The van der Waals surface area contributed by atoms with E-state index in [0.29, 0.717) is 23.1 Å². The zero-order valence-corrected chi connectivity index (χ0v) is 18.1. The Hall–Kier alpha value is -3.26. The fraction of sp³-hybridized carbons (Fsp3) is 0.273. The minimum absolute atomic E-state index is 0.0652. The van der Waals surface area contributed by atoms with Crippen molar-refractivity contribution in [3.63, 3.8) is 0 Å². The summed E-state index contributed by atoms with van der Waals surface area (Å²) in [6.45, 7) is 0.0753. The predicted molar refractivity (Wildman–Crippen MR) is 114 cm³/mol. The minimum atomic E-state index is -0.536. The standard InChI is InChI=1S/C22H23ClFN3O4/c1-27-8-7-25-22(27)21(14-10-16(29-2)13-17(11-14)30-3)26-20(28)6-9-31-19-5-4-15(24)12-18(19)23/h4-5,7-8,10-13,21H,6,9H2,1-3H3,(H,26,28). The second-order valence-electron chi connectivity index (χ2n) is 6.72. The number of rotatable bonds is 9. The average molecular weight is 448 g/mol. The van der Waals surface area contributed by atoms with Crippen LogP contribution >= 0.6 is 11.6 Å². The highest BCUT2D eigenvalue weighted by Gasteiger charge is 2.22. The summed E-state index contributed by atoms with van der Waals surface area (Å²) >= 11 is 5.95. The monoisotopic (exact) mass is 447 g/mol. The molecule has 2 aromatic carbocycles. The van der Waals surface area contributed by atoms with Gasteiger partial charge in [-0.15, -0.1) is 0 Å². The van der Waals surface area contributed by atoms with E-state index in [-0.39, 0.29) is 24.0 Å². The molecule has 31 heavy (non-hydrogen) atoms. The molecule has 164 valence electrons. The summed E-state index contributed by atoms with van der Waals surface area (Å²) in [6, 6.07) is 8.67. The second-order valence-corrected chi connectivity index (χ2v) is 7.12. The summed E-state index contributed by atoms with van der Waals surface area (Å²) in [5.74, 6) is 1.43. The van der Waals surface area contributed by atoms with Crippen LogP contribution in [0.3, 0.4) is 0 Å². The van der Waals surface area contributed by atoms with Gasteiger partial charge >= 0.3 is 0 Å². The van der Waals surface area contributed by atoms with Gasteiger partial charge in [-0.3, -0.25) is 4.79 Å². The number of ether oxygens (including phenoxy) is 3. The van der Waals surface area contributed by atoms with Crippen molar-refractivity contribution in [3.8, 4) is 17.2 Å². The zero-order valence-electron chi connectivity index (χ0n) is 17.4. The number of imidazole rings is 1. The van der Waals surface area contributed by atoms with Gasteiger partial charge in [0.2, 0.25) is 5.91 Å². The summed E-state index contributed by atoms with van der Waals surface area (Å²) in [4.78, 5) is 17.1. The number of hydrogen-bond acceptors (Lipinski definition) is 5. The fourth-order valence-electron chi connectivity index (χ4n) is 3.03. The van der Waals surface area contributed by atoms with E-state index in [0.717, 1.165) is 11.6 Å². The van der Waals surface area contributed by atoms with Crippen LogP contribution < -0.4 is 19.5 Å². The molecule has 0 aliphatic carbocycles. The molecule has 0 radical (unpaired) electrons. The number of hydrogen-bond donors (Lipinski definition) is 1. The van der Waals surface area contributed by atoms with Gasteiger partial charge in [0.05, 0.1) is 32.3 Å². The molecule has 3 aromatic rings. The van der Waals surface area contributed by atoms with E-state index in [2.05, 4.69) is 10.3 Å². The van der Waals surface area contributed by atoms with Gasteiger partial charge in [-0.1, -0.05) is 11.6 Å². The van der Waals surface area contributed by atoms with Crippen LogP contribution in [0.15, 0.2) is 48.8 Å². The number of nitrogens with zero attached hydrogens (tertiary/aromatic N) is 2. The molecule has 1 heterocycles. The van der Waals surface area contributed by atoms with E-state index < -0.39 is 11.9 Å². The van der Waals surface area contributed by atoms with Gasteiger partial charge in [-0.2, -0.15) is 0 Å². The van der Waals surface area contributed by atoms with Gasteiger partial charge in [-0.25, -0.2) is 9.37 Å². The number of carbonyl (C=O) groups is 1. The van der Waals surface area contributed by atoms with Crippen LogP contribution in [0.2, 0.25) is 5.02 Å². The molecule has 0 bridgehead atoms. The lowest BCUT2D eigenvalue weighted by atomic mass is 10.0. The quantitative estimate of drug-likeness (QED) is 0.538. The first-order chi connectivity index (χ1) is 14.9. The Bertz CT molecular complexity index is 1030. The molecule has 1 amide bonds. The van der Waals surface area contributed by atoms with Crippen molar-refractivity contribution in [1.82, 2.24) is 14.9 Å². The van der Waals surface area contributed by atoms with Crippen molar-refractivity contribution in [1.29, 1.82) is 0 Å². The Morgan fingerprint density at radius 3 is 2.48 bits per heavy atom. The maximum atomic E-state index is 13.1. The van der Waals surface area contributed by atoms with Crippen LogP contribution in [0.1, 0.15) is 23.9 Å². The molecule has 3 rings (SSSR count). The molecule has 1 unspecified atom stereocenters. The molecule has 0 fully saturated rings. The first kappa shape index (κ1) is 22.4. The van der Waals surface area contributed by atoms with E-state index >= 15 is 0 Å². The van der Waals surface area contributed by atoms with Gasteiger partial charge in [0.25, 0.3) is 0 Å². The Labute approximate surface area is 184 Å². The minimum Gasteiger partial charge on any atom is -0.497 e. The molecular weight excluding hydrogens is 425 g/mol. The van der Waals surface area contributed by atoms with Crippen molar-refractivity contribution in [2.24, 2.45) is 7.05 Å². The van der Waals surface area contributed by atoms with Crippen LogP contribution in [0.5, 0.6) is 17.2 Å². The van der Waals surface area contributed by atoms with E-state index in [9.17, 15) is 9.18 Å². The lowest BCUT2D eigenvalue weighted by molar-refractivity contribution is -0.122. The molecule has 9 heteroatoms. The van der Waals surface area contributed by atoms with Crippen molar-refractivity contribution < 1.29 is 23.4 Å². The van der Waals surface area contributed by atoms with E-state index in [1.54, 1.807) is 32.7 Å².